The molecule has 17 heavy (non-hydrogen) atoms. The van der Waals surface area contributed by atoms with Crippen LogP contribution in [0.2, 0.25) is 0 Å². The van der Waals surface area contributed by atoms with E-state index in [4.69, 9.17) is 5.73 Å². The third-order valence-electron chi connectivity index (χ3n) is 2.37. The molecule has 6 heteroatoms. The first-order valence-corrected chi connectivity index (χ1v) is 6.50. The number of nitrogens with zero attached hydrogens (tertiary/aromatic N) is 1. The number of nitrogens with two attached hydrogens (primary N) is 1. The Kier molecular flexibility index (Phi) is 4.89. The minimum Gasteiger partial charge on any atom is -0.388 e. The molecule has 1 aromatic rings. The van der Waals surface area contributed by atoms with E-state index in [1.54, 1.807) is 12.3 Å². The second-order valence-corrected chi connectivity index (χ2v) is 5.27. The largest absolute Gasteiger partial charge is 0.388 e. The first-order valence-electron chi connectivity index (χ1n) is 5.62. The Morgan fingerprint density at radius 2 is 2.41 bits per heavy atom. The van der Waals surface area contributed by atoms with Gasteiger partial charge < -0.3 is 16.2 Å². The number of hydrogen-bond acceptors (Lipinski definition) is 5. The Balaban J connectivity index is 2.35. The van der Waals surface area contributed by atoms with Gasteiger partial charge in [-0.1, -0.05) is 13.3 Å². The van der Waals surface area contributed by atoms with Gasteiger partial charge in [0.1, 0.15) is 0 Å². The number of nitrogens with one attached hydrogen (secondary N) is 1. The van der Waals surface area contributed by atoms with Crippen LogP contribution < -0.4 is 11.1 Å². The predicted molar refractivity (Wildman–Crippen MR) is 68.8 cm³/mol. The number of carbonyl (C=O) groups excluding carboxylic acids is 1. The highest BCUT2D eigenvalue weighted by Gasteiger charge is 2.20. The summed E-state index contributed by atoms with van der Waals surface area (Å²) in [5, 5.41) is 14.8. The molecule has 1 heterocycles. The second kappa shape index (κ2) is 5.97. The summed E-state index contributed by atoms with van der Waals surface area (Å²) in [6, 6.07) is 0. The van der Waals surface area contributed by atoms with E-state index < -0.39 is 5.60 Å². The molecule has 0 radical (unpaired) electrons. The third-order valence-corrected chi connectivity index (χ3v) is 3.09. The van der Waals surface area contributed by atoms with E-state index in [0.717, 1.165) is 6.42 Å². The average molecular weight is 257 g/mol. The van der Waals surface area contributed by atoms with E-state index in [2.05, 4.69) is 10.3 Å². The quantitative estimate of drug-likeness (QED) is 0.707. The Morgan fingerprint density at radius 1 is 1.71 bits per heavy atom. The number of hydrogen-bond donors (Lipinski definition) is 3. The molecule has 1 aromatic heterocycles. The molecule has 1 amide bonds. The fourth-order valence-corrected chi connectivity index (χ4v) is 2.11. The third kappa shape index (κ3) is 5.14. The highest BCUT2D eigenvalue weighted by Crippen LogP contribution is 2.12. The van der Waals surface area contributed by atoms with Crippen LogP contribution in [0.1, 0.15) is 32.4 Å². The van der Waals surface area contributed by atoms with Crippen LogP contribution in [0.5, 0.6) is 0 Å². The summed E-state index contributed by atoms with van der Waals surface area (Å²) in [6.07, 6.45) is 1.75. The average Bonchev–Trinajstić information content (AvgIpc) is 2.61. The van der Waals surface area contributed by atoms with Crippen LogP contribution >= 0.6 is 11.3 Å². The molecular formula is C11H19N3O2S. The lowest BCUT2D eigenvalue weighted by Crippen LogP contribution is -2.41. The lowest BCUT2D eigenvalue weighted by Gasteiger charge is -2.22. The van der Waals surface area contributed by atoms with Crippen molar-refractivity contribution >= 4 is 22.4 Å². The molecule has 96 valence electrons. The van der Waals surface area contributed by atoms with Crippen LogP contribution in [0.25, 0.3) is 0 Å². The Bertz CT molecular complexity index is 377. The standard InChI is InChI=1S/C11H19N3O2S/c1-3-4-11(2,16)7-13-9(15)5-8-6-17-10(12)14-8/h6,16H,3-5,7H2,1-2H3,(H2,12,14)(H,13,15). The minimum absolute atomic E-state index is 0.147. The van der Waals surface area contributed by atoms with E-state index in [-0.39, 0.29) is 18.9 Å². The Labute approximate surface area is 105 Å². The number of amides is 1. The molecular weight excluding hydrogens is 238 g/mol. The molecule has 0 aliphatic heterocycles. The number of carbonyl (C=O) groups is 1. The summed E-state index contributed by atoms with van der Waals surface area (Å²) in [5.74, 6) is -0.147. The van der Waals surface area contributed by atoms with Crippen molar-refractivity contribution in [1.29, 1.82) is 0 Å². The maximum absolute atomic E-state index is 11.6. The minimum atomic E-state index is -0.842. The molecule has 0 saturated carbocycles. The van der Waals surface area contributed by atoms with Crippen LogP contribution in [0.15, 0.2) is 5.38 Å². The fourth-order valence-electron chi connectivity index (χ4n) is 1.55. The summed E-state index contributed by atoms with van der Waals surface area (Å²) < 4.78 is 0. The van der Waals surface area contributed by atoms with Gasteiger partial charge >= 0.3 is 0 Å². The van der Waals surface area contributed by atoms with Gasteiger partial charge in [0, 0.05) is 11.9 Å². The van der Waals surface area contributed by atoms with Gasteiger partial charge in [-0.25, -0.2) is 4.98 Å². The zero-order valence-electron chi connectivity index (χ0n) is 10.2. The van der Waals surface area contributed by atoms with Crippen LogP contribution in [0.4, 0.5) is 5.13 Å². The lowest BCUT2D eigenvalue weighted by molar-refractivity contribution is -0.121. The SMILES string of the molecule is CCCC(C)(O)CNC(=O)Cc1csc(N)n1. The number of aromatic nitrogens is 1. The van der Waals surface area contributed by atoms with Crippen LogP contribution in [-0.2, 0) is 11.2 Å². The van der Waals surface area contributed by atoms with Gasteiger partial charge in [0.25, 0.3) is 0 Å². The molecule has 0 aliphatic carbocycles. The van der Waals surface area contributed by atoms with E-state index in [1.807, 2.05) is 6.92 Å². The molecule has 5 nitrogen and oxygen atoms in total. The van der Waals surface area contributed by atoms with Gasteiger partial charge in [-0.3, -0.25) is 4.79 Å². The molecule has 4 N–H and O–H groups in total. The molecule has 1 unspecified atom stereocenters. The number of aliphatic hydroxyl groups is 1. The fraction of sp³-hybridized carbons (Fsp3) is 0.636. The smallest absolute Gasteiger partial charge is 0.226 e. The number of rotatable bonds is 6. The van der Waals surface area contributed by atoms with Crippen molar-refractivity contribution in [2.24, 2.45) is 0 Å². The van der Waals surface area contributed by atoms with Crippen molar-refractivity contribution in [3.63, 3.8) is 0 Å². The molecule has 0 spiro atoms. The molecule has 0 fully saturated rings. The first-order chi connectivity index (χ1) is 7.93. The Morgan fingerprint density at radius 3 is 2.94 bits per heavy atom. The van der Waals surface area contributed by atoms with Crippen molar-refractivity contribution in [3.8, 4) is 0 Å². The first kappa shape index (κ1) is 13.9. The van der Waals surface area contributed by atoms with Gasteiger partial charge in [0.15, 0.2) is 5.13 Å². The maximum atomic E-state index is 11.6. The van der Waals surface area contributed by atoms with Crippen LogP contribution in [0.3, 0.4) is 0 Å². The van der Waals surface area contributed by atoms with Gasteiger partial charge in [-0.05, 0) is 13.3 Å². The summed E-state index contributed by atoms with van der Waals surface area (Å²) in [4.78, 5) is 15.6. The zero-order chi connectivity index (χ0) is 12.9. The highest BCUT2D eigenvalue weighted by molar-refractivity contribution is 7.13. The van der Waals surface area contributed by atoms with Crippen LogP contribution in [-0.4, -0.2) is 28.1 Å². The number of thiazole rings is 1. The normalized spacial score (nSPS) is 14.3. The monoisotopic (exact) mass is 257 g/mol. The number of nitrogen functional groups attached to an aromatic ring is 1. The molecule has 0 aliphatic rings. The Hall–Kier alpha value is -1.14. The van der Waals surface area contributed by atoms with Crippen molar-refractivity contribution in [2.75, 3.05) is 12.3 Å². The topological polar surface area (TPSA) is 88.2 Å². The summed E-state index contributed by atoms with van der Waals surface area (Å²) >= 11 is 1.32. The summed E-state index contributed by atoms with van der Waals surface area (Å²) in [5.41, 5.74) is 5.30. The van der Waals surface area contributed by atoms with E-state index in [0.29, 0.717) is 17.2 Å². The van der Waals surface area contributed by atoms with Crippen molar-refractivity contribution in [1.82, 2.24) is 10.3 Å². The molecule has 0 aromatic carbocycles. The second-order valence-electron chi connectivity index (χ2n) is 4.38. The number of anilines is 1. The molecule has 1 rings (SSSR count). The van der Waals surface area contributed by atoms with Gasteiger partial charge in [0.2, 0.25) is 5.91 Å². The highest BCUT2D eigenvalue weighted by atomic mass is 32.1. The van der Waals surface area contributed by atoms with Gasteiger partial charge in [-0.15, -0.1) is 11.3 Å². The van der Waals surface area contributed by atoms with Crippen molar-refractivity contribution in [3.05, 3.63) is 11.1 Å². The van der Waals surface area contributed by atoms with Crippen molar-refractivity contribution < 1.29 is 9.90 Å². The zero-order valence-corrected chi connectivity index (χ0v) is 11.0. The lowest BCUT2D eigenvalue weighted by atomic mass is 10.0. The molecule has 1 atom stereocenters. The van der Waals surface area contributed by atoms with E-state index in [9.17, 15) is 9.90 Å². The maximum Gasteiger partial charge on any atom is 0.226 e. The van der Waals surface area contributed by atoms with Gasteiger partial charge in [-0.2, -0.15) is 0 Å². The predicted octanol–water partition coefficient (Wildman–Crippen LogP) is 0.935. The van der Waals surface area contributed by atoms with Crippen molar-refractivity contribution in [2.45, 2.75) is 38.7 Å². The van der Waals surface area contributed by atoms with E-state index in [1.165, 1.54) is 11.3 Å². The summed E-state index contributed by atoms with van der Waals surface area (Å²) in [6.45, 7) is 3.98. The summed E-state index contributed by atoms with van der Waals surface area (Å²) in [7, 11) is 0. The molecule has 0 bridgehead atoms. The van der Waals surface area contributed by atoms with Gasteiger partial charge in [0.05, 0.1) is 17.7 Å². The molecule has 0 saturated heterocycles. The van der Waals surface area contributed by atoms with E-state index >= 15 is 0 Å². The van der Waals surface area contributed by atoms with Crippen LogP contribution in [0, 0.1) is 0 Å².